The smallest absolute Gasteiger partial charge is 0.408 e. The second-order valence-electron chi connectivity index (χ2n) is 5.66. The molecule has 4 rings (SSSR count). The normalized spacial score (nSPS) is 13.6. The SMILES string of the molecule is CC(c1ccccc1)n1c(=O)oc2cc(S(=O)Nc3nccs3)ccc21. The largest absolute Gasteiger partial charge is 0.420 e. The van der Waals surface area contributed by atoms with Gasteiger partial charge in [-0.15, -0.1) is 11.3 Å². The maximum Gasteiger partial charge on any atom is 0.420 e. The molecule has 1 N–H and O–H groups in total. The number of benzene rings is 2. The predicted molar refractivity (Wildman–Crippen MR) is 103 cm³/mol. The highest BCUT2D eigenvalue weighted by Crippen LogP contribution is 2.24. The average molecular weight is 385 g/mol. The van der Waals surface area contributed by atoms with Gasteiger partial charge in [0.2, 0.25) is 0 Å². The van der Waals surface area contributed by atoms with Crippen LogP contribution in [0, 0.1) is 0 Å². The van der Waals surface area contributed by atoms with E-state index in [4.69, 9.17) is 4.42 Å². The van der Waals surface area contributed by atoms with Crippen molar-refractivity contribution in [3.8, 4) is 0 Å². The van der Waals surface area contributed by atoms with Gasteiger partial charge in [0.05, 0.1) is 16.5 Å². The van der Waals surface area contributed by atoms with Crippen molar-refractivity contribution in [1.82, 2.24) is 9.55 Å². The molecule has 2 atom stereocenters. The van der Waals surface area contributed by atoms with Crippen molar-refractivity contribution in [2.75, 3.05) is 4.72 Å². The Labute approximate surface area is 155 Å². The first-order valence-electron chi connectivity index (χ1n) is 7.91. The van der Waals surface area contributed by atoms with E-state index in [9.17, 15) is 9.00 Å². The molecule has 2 aromatic carbocycles. The number of rotatable bonds is 5. The van der Waals surface area contributed by atoms with Gasteiger partial charge in [0.15, 0.2) is 21.7 Å². The minimum atomic E-state index is -1.49. The molecule has 0 radical (unpaired) electrons. The van der Waals surface area contributed by atoms with Gasteiger partial charge in [0, 0.05) is 17.6 Å². The summed E-state index contributed by atoms with van der Waals surface area (Å²) in [6, 6.07) is 14.7. The second kappa shape index (κ2) is 6.89. The van der Waals surface area contributed by atoms with Crippen molar-refractivity contribution in [2.24, 2.45) is 0 Å². The molecule has 26 heavy (non-hydrogen) atoms. The van der Waals surface area contributed by atoms with Gasteiger partial charge in [-0.2, -0.15) is 0 Å². The van der Waals surface area contributed by atoms with E-state index in [-0.39, 0.29) is 6.04 Å². The van der Waals surface area contributed by atoms with E-state index in [1.807, 2.05) is 37.3 Å². The molecule has 8 heteroatoms. The Morgan fingerprint density at radius 3 is 2.77 bits per heavy atom. The van der Waals surface area contributed by atoms with Crippen LogP contribution < -0.4 is 10.5 Å². The number of oxazole rings is 1. The zero-order valence-electron chi connectivity index (χ0n) is 13.8. The maximum absolute atomic E-state index is 12.4. The third kappa shape index (κ3) is 3.09. The van der Waals surface area contributed by atoms with E-state index < -0.39 is 16.7 Å². The number of hydrogen-bond donors (Lipinski definition) is 1. The minimum absolute atomic E-state index is 0.172. The zero-order chi connectivity index (χ0) is 18.1. The van der Waals surface area contributed by atoms with Gasteiger partial charge in [-0.05, 0) is 24.6 Å². The summed E-state index contributed by atoms with van der Waals surface area (Å²) in [6.07, 6.45) is 1.64. The Kier molecular flexibility index (Phi) is 4.44. The molecule has 2 aromatic heterocycles. The molecule has 0 aliphatic heterocycles. The fourth-order valence-electron chi connectivity index (χ4n) is 2.79. The second-order valence-corrected chi connectivity index (χ2v) is 7.77. The number of thiazole rings is 1. The molecule has 132 valence electrons. The highest BCUT2D eigenvalue weighted by atomic mass is 32.2. The van der Waals surface area contributed by atoms with E-state index >= 15 is 0 Å². The first kappa shape index (κ1) is 16.7. The van der Waals surface area contributed by atoms with E-state index in [0.29, 0.717) is 21.1 Å². The van der Waals surface area contributed by atoms with Crippen molar-refractivity contribution < 1.29 is 8.63 Å². The summed E-state index contributed by atoms with van der Waals surface area (Å²) < 4.78 is 22.3. The summed E-state index contributed by atoms with van der Waals surface area (Å²) in [5, 5.41) is 2.37. The highest BCUT2D eigenvalue weighted by Gasteiger charge is 2.18. The minimum Gasteiger partial charge on any atom is -0.408 e. The van der Waals surface area contributed by atoms with Gasteiger partial charge in [0.1, 0.15) is 0 Å². The van der Waals surface area contributed by atoms with Crippen LogP contribution in [0.5, 0.6) is 0 Å². The van der Waals surface area contributed by atoms with Crippen molar-refractivity contribution in [1.29, 1.82) is 0 Å². The molecular weight excluding hydrogens is 370 g/mol. The fourth-order valence-corrected chi connectivity index (χ4v) is 4.32. The van der Waals surface area contributed by atoms with Crippen LogP contribution in [0.15, 0.2) is 74.2 Å². The number of fused-ring (bicyclic) bond motifs is 1. The first-order valence-corrected chi connectivity index (χ1v) is 9.94. The monoisotopic (exact) mass is 385 g/mol. The third-order valence-corrected chi connectivity index (χ3v) is 5.96. The Morgan fingerprint density at radius 1 is 1.23 bits per heavy atom. The van der Waals surface area contributed by atoms with Crippen molar-refractivity contribution in [2.45, 2.75) is 17.9 Å². The number of aromatic nitrogens is 2. The van der Waals surface area contributed by atoms with Crippen LogP contribution in [0.3, 0.4) is 0 Å². The van der Waals surface area contributed by atoms with Gasteiger partial charge in [-0.1, -0.05) is 30.3 Å². The molecule has 2 unspecified atom stereocenters. The molecule has 2 heterocycles. The maximum atomic E-state index is 12.4. The van der Waals surface area contributed by atoms with Crippen molar-refractivity contribution >= 4 is 38.6 Å². The standard InChI is InChI=1S/C18H15N3O3S2/c1-12(13-5-3-2-4-6-13)21-15-8-7-14(11-16(15)24-18(21)22)26(23)20-17-19-9-10-25-17/h2-12H,1H3,(H,19,20). The van der Waals surface area contributed by atoms with Gasteiger partial charge < -0.3 is 4.42 Å². The average Bonchev–Trinajstić information content (AvgIpc) is 3.27. The highest BCUT2D eigenvalue weighted by molar-refractivity contribution is 7.86. The Balaban J connectivity index is 1.70. The van der Waals surface area contributed by atoms with Gasteiger partial charge in [0.25, 0.3) is 0 Å². The topological polar surface area (TPSA) is 77.1 Å². The lowest BCUT2D eigenvalue weighted by Gasteiger charge is -2.13. The lowest BCUT2D eigenvalue weighted by Crippen LogP contribution is -2.19. The molecule has 0 saturated heterocycles. The molecule has 0 amide bonds. The summed E-state index contributed by atoms with van der Waals surface area (Å²) in [5.41, 5.74) is 2.08. The molecule has 0 bridgehead atoms. The summed E-state index contributed by atoms with van der Waals surface area (Å²) in [4.78, 5) is 17.0. The Morgan fingerprint density at radius 2 is 2.04 bits per heavy atom. The number of hydrogen-bond acceptors (Lipinski definition) is 5. The third-order valence-electron chi connectivity index (χ3n) is 4.08. The van der Waals surface area contributed by atoms with Crippen molar-refractivity contribution in [3.63, 3.8) is 0 Å². The van der Waals surface area contributed by atoms with Crippen LogP contribution >= 0.6 is 11.3 Å². The van der Waals surface area contributed by atoms with Gasteiger partial charge in [-0.25, -0.2) is 14.0 Å². The first-order chi connectivity index (χ1) is 12.6. The summed E-state index contributed by atoms with van der Waals surface area (Å²) >= 11 is 1.36. The number of nitrogens with zero attached hydrogens (tertiary/aromatic N) is 2. The Hall–Kier alpha value is -2.71. The lowest BCUT2D eigenvalue weighted by atomic mass is 10.1. The molecular formula is C18H15N3O3S2. The predicted octanol–water partition coefficient (Wildman–Crippen LogP) is 3.80. The molecule has 0 saturated carbocycles. The summed E-state index contributed by atoms with van der Waals surface area (Å²) in [5.74, 6) is -0.438. The van der Waals surface area contributed by atoms with Crippen LogP contribution in [-0.2, 0) is 11.0 Å². The molecule has 0 spiro atoms. The van der Waals surface area contributed by atoms with E-state index in [1.54, 1.807) is 34.3 Å². The molecule has 0 fully saturated rings. The van der Waals surface area contributed by atoms with Gasteiger partial charge in [-0.3, -0.25) is 9.29 Å². The zero-order valence-corrected chi connectivity index (χ0v) is 15.4. The number of anilines is 1. The summed E-state index contributed by atoms with van der Waals surface area (Å²) in [6.45, 7) is 1.95. The quantitative estimate of drug-likeness (QED) is 0.567. The van der Waals surface area contributed by atoms with Crippen molar-refractivity contribution in [3.05, 3.63) is 76.2 Å². The van der Waals surface area contributed by atoms with E-state index in [2.05, 4.69) is 9.71 Å². The van der Waals surface area contributed by atoms with Crippen LogP contribution in [0.4, 0.5) is 5.13 Å². The van der Waals surface area contributed by atoms with Crippen LogP contribution in [0.25, 0.3) is 11.1 Å². The summed E-state index contributed by atoms with van der Waals surface area (Å²) in [7, 11) is -1.49. The van der Waals surface area contributed by atoms with E-state index in [0.717, 1.165) is 5.56 Å². The molecule has 0 aliphatic carbocycles. The Bertz CT molecular complexity index is 1120. The van der Waals surface area contributed by atoms with Crippen LogP contribution in [-0.4, -0.2) is 13.8 Å². The fraction of sp³-hybridized carbons (Fsp3) is 0.111. The van der Waals surface area contributed by atoms with Crippen LogP contribution in [0.1, 0.15) is 18.5 Å². The molecule has 4 aromatic rings. The van der Waals surface area contributed by atoms with E-state index in [1.165, 1.54) is 11.3 Å². The molecule has 0 aliphatic rings. The van der Waals surface area contributed by atoms with Gasteiger partial charge >= 0.3 is 5.76 Å². The number of nitrogens with one attached hydrogen (secondary N) is 1. The van der Waals surface area contributed by atoms with Crippen LogP contribution in [0.2, 0.25) is 0 Å². The lowest BCUT2D eigenvalue weighted by molar-refractivity contribution is 0.489. The molecule has 6 nitrogen and oxygen atoms in total.